The van der Waals surface area contributed by atoms with Gasteiger partial charge < -0.3 is 9.47 Å². The van der Waals surface area contributed by atoms with E-state index in [2.05, 4.69) is 15.9 Å². The molecule has 0 atom stereocenters. The fourth-order valence-corrected chi connectivity index (χ4v) is 4.18. The summed E-state index contributed by atoms with van der Waals surface area (Å²) in [6.07, 6.45) is 1.44. The molecule has 2 aliphatic rings. The van der Waals surface area contributed by atoms with Gasteiger partial charge in [0.25, 0.3) is 0 Å². The van der Waals surface area contributed by atoms with Gasteiger partial charge in [-0.25, -0.2) is 8.42 Å². The van der Waals surface area contributed by atoms with Gasteiger partial charge in [0.2, 0.25) is 9.05 Å². The fraction of sp³-hybridized carbons (Fsp3) is 0.455. The quantitative estimate of drug-likeness (QED) is 0.766. The molecule has 3 rings (SSSR count). The average Bonchev–Trinajstić information content (AvgIpc) is 2.91. The maximum Gasteiger partial charge on any atom is 0.236 e. The van der Waals surface area contributed by atoms with Crippen LogP contribution in [0, 0.1) is 0 Å². The zero-order valence-electron chi connectivity index (χ0n) is 9.33. The molecule has 7 heteroatoms. The molecule has 0 unspecified atom stereocenters. The Morgan fingerprint density at radius 2 is 1.72 bits per heavy atom. The van der Waals surface area contributed by atoms with Crippen molar-refractivity contribution in [2.24, 2.45) is 0 Å². The lowest BCUT2D eigenvalue weighted by molar-refractivity contribution is 0.353. The van der Waals surface area contributed by atoms with Gasteiger partial charge in [-0.2, -0.15) is 0 Å². The second-order valence-corrected chi connectivity index (χ2v) is 7.86. The second kappa shape index (κ2) is 4.28. The minimum Gasteiger partial charge on any atom is -0.493 e. The smallest absolute Gasteiger partial charge is 0.236 e. The first-order chi connectivity index (χ1) is 8.47. The average molecular weight is 354 g/mol. The summed E-state index contributed by atoms with van der Waals surface area (Å²) in [6.45, 7) is 1.12. The second-order valence-electron chi connectivity index (χ2n) is 4.29. The van der Waals surface area contributed by atoms with Crippen LogP contribution in [-0.2, 0) is 27.6 Å². The van der Waals surface area contributed by atoms with Crippen molar-refractivity contribution in [2.45, 2.75) is 18.6 Å². The van der Waals surface area contributed by atoms with E-state index in [1.54, 1.807) is 0 Å². The standard InChI is InChI=1S/C11H10BrClO4S/c12-9-7-2-4-16-10(7)8(5-18(13,14)15)6-1-3-17-11(6)9/h1-5H2. The number of rotatable bonds is 2. The molecule has 4 nitrogen and oxygen atoms in total. The van der Waals surface area contributed by atoms with Crippen LogP contribution in [0.5, 0.6) is 11.5 Å². The third kappa shape index (κ3) is 2.00. The highest BCUT2D eigenvalue weighted by Crippen LogP contribution is 2.47. The molecular formula is C11H10BrClO4S. The van der Waals surface area contributed by atoms with E-state index in [-0.39, 0.29) is 5.75 Å². The van der Waals surface area contributed by atoms with Gasteiger partial charge in [0, 0.05) is 40.2 Å². The molecule has 98 valence electrons. The molecule has 1 aromatic rings. The first kappa shape index (κ1) is 12.6. The Balaban J connectivity index is 2.24. The van der Waals surface area contributed by atoms with E-state index < -0.39 is 9.05 Å². The maximum atomic E-state index is 11.3. The van der Waals surface area contributed by atoms with Gasteiger partial charge in [0.1, 0.15) is 11.5 Å². The largest absolute Gasteiger partial charge is 0.493 e. The van der Waals surface area contributed by atoms with Crippen molar-refractivity contribution >= 4 is 35.7 Å². The van der Waals surface area contributed by atoms with Crippen LogP contribution < -0.4 is 9.47 Å². The van der Waals surface area contributed by atoms with Gasteiger partial charge in [0.05, 0.1) is 23.4 Å². The topological polar surface area (TPSA) is 52.6 Å². The van der Waals surface area contributed by atoms with E-state index in [0.29, 0.717) is 30.9 Å². The van der Waals surface area contributed by atoms with Crippen LogP contribution in [0.1, 0.15) is 16.7 Å². The number of hydrogen-bond acceptors (Lipinski definition) is 4. The molecule has 0 spiro atoms. The van der Waals surface area contributed by atoms with Gasteiger partial charge in [-0.05, 0) is 15.9 Å². The summed E-state index contributed by atoms with van der Waals surface area (Å²) in [5.41, 5.74) is 2.53. The van der Waals surface area contributed by atoms with Crippen molar-refractivity contribution in [1.29, 1.82) is 0 Å². The van der Waals surface area contributed by atoms with Crippen LogP contribution >= 0.6 is 26.6 Å². The van der Waals surface area contributed by atoms with Crippen molar-refractivity contribution in [2.75, 3.05) is 13.2 Å². The summed E-state index contributed by atoms with van der Waals surface area (Å²) in [4.78, 5) is 0. The molecular weight excluding hydrogens is 344 g/mol. The van der Waals surface area contributed by atoms with E-state index in [1.165, 1.54) is 0 Å². The fourth-order valence-electron chi connectivity index (χ4n) is 2.47. The lowest BCUT2D eigenvalue weighted by atomic mass is 10.0. The molecule has 2 aliphatic heterocycles. The van der Waals surface area contributed by atoms with Gasteiger partial charge in [-0.1, -0.05) is 0 Å². The Kier molecular flexibility index (Phi) is 2.99. The molecule has 0 radical (unpaired) electrons. The molecule has 0 aliphatic carbocycles. The maximum absolute atomic E-state index is 11.3. The summed E-state index contributed by atoms with van der Waals surface area (Å²) in [6, 6.07) is 0. The monoisotopic (exact) mass is 352 g/mol. The third-order valence-electron chi connectivity index (χ3n) is 3.16. The molecule has 0 aromatic heterocycles. The lowest BCUT2D eigenvalue weighted by Crippen LogP contribution is -2.02. The highest BCUT2D eigenvalue weighted by atomic mass is 79.9. The Labute approximate surface area is 118 Å². The summed E-state index contributed by atoms with van der Waals surface area (Å²) in [5.74, 6) is 1.19. The minimum absolute atomic E-state index is 0.212. The van der Waals surface area contributed by atoms with Crippen LogP contribution in [0.4, 0.5) is 0 Å². The van der Waals surface area contributed by atoms with Gasteiger partial charge >= 0.3 is 0 Å². The van der Waals surface area contributed by atoms with E-state index in [1.807, 2.05) is 0 Å². The normalized spacial score (nSPS) is 17.0. The Morgan fingerprint density at radius 3 is 2.39 bits per heavy atom. The van der Waals surface area contributed by atoms with E-state index >= 15 is 0 Å². The number of ether oxygens (including phenoxy) is 2. The van der Waals surface area contributed by atoms with Crippen molar-refractivity contribution in [1.82, 2.24) is 0 Å². The Hall–Kier alpha value is -0.460. The van der Waals surface area contributed by atoms with Crippen LogP contribution in [-0.4, -0.2) is 21.6 Å². The van der Waals surface area contributed by atoms with Crippen molar-refractivity contribution in [3.8, 4) is 11.5 Å². The van der Waals surface area contributed by atoms with E-state index in [4.69, 9.17) is 20.2 Å². The predicted octanol–water partition coefficient (Wildman–Crippen LogP) is 2.39. The molecule has 0 fully saturated rings. The van der Waals surface area contributed by atoms with Gasteiger partial charge in [-0.3, -0.25) is 0 Å². The van der Waals surface area contributed by atoms with Crippen molar-refractivity contribution in [3.05, 3.63) is 21.2 Å². The molecule has 0 amide bonds. The molecule has 0 saturated carbocycles. The summed E-state index contributed by atoms with van der Waals surface area (Å²) in [5, 5.41) is 0. The first-order valence-electron chi connectivity index (χ1n) is 5.51. The molecule has 0 bridgehead atoms. The molecule has 1 aromatic carbocycles. The van der Waals surface area contributed by atoms with Crippen molar-refractivity contribution < 1.29 is 17.9 Å². The van der Waals surface area contributed by atoms with E-state index in [0.717, 1.165) is 27.8 Å². The number of benzene rings is 1. The number of hydrogen-bond donors (Lipinski definition) is 0. The van der Waals surface area contributed by atoms with Crippen LogP contribution in [0.2, 0.25) is 0 Å². The highest BCUT2D eigenvalue weighted by Gasteiger charge is 2.31. The molecule has 0 saturated heterocycles. The third-order valence-corrected chi connectivity index (χ3v) is 4.96. The van der Waals surface area contributed by atoms with Gasteiger partial charge in [-0.15, -0.1) is 0 Å². The zero-order valence-corrected chi connectivity index (χ0v) is 12.5. The zero-order chi connectivity index (χ0) is 12.9. The SMILES string of the molecule is O=S(=O)(Cl)Cc1c2c(c(Br)c3c1OCC3)OCC2. The molecule has 18 heavy (non-hydrogen) atoms. The molecule has 2 heterocycles. The van der Waals surface area contributed by atoms with Crippen LogP contribution in [0.3, 0.4) is 0 Å². The minimum atomic E-state index is -3.61. The first-order valence-corrected chi connectivity index (χ1v) is 8.78. The van der Waals surface area contributed by atoms with Crippen LogP contribution in [0.15, 0.2) is 4.47 Å². The molecule has 0 N–H and O–H groups in total. The Morgan fingerprint density at radius 1 is 1.11 bits per heavy atom. The number of halogens is 2. The predicted molar refractivity (Wildman–Crippen MR) is 71.0 cm³/mol. The van der Waals surface area contributed by atoms with Gasteiger partial charge in [0.15, 0.2) is 0 Å². The summed E-state index contributed by atoms with van der Waals surface area (Å²) in [7, 11) is 1.76. The summed E-state index contributed by atoms with van der Waals surface area (Å²) >= 11 is 3.51. The Bertz CT molecular complexity index is 591. The van der Waals surface area contributed by atoms with Crippen LogP contribution in [0.25, 0.3) is 0 Å². The van der Waals surface area contributed by atoms with Crippen molar-refractivity contribution in [3.63, 3.8) is 0 Å². The summed E-state index contributed by atoms with van der Waals surface area (Å²) < 4.78 is 34.7. The van der Waals surface area contributed by atoms with E-state index in [9.17, 15) is 8.42 Å². The number of fused-ring (bicyclic) bond motifs is 2. The highest BCUT2D eigenvalue weighted by molar-refractivity contribution is 9.10. The lowest BCUT2D eigenvalue weighted by Gasteiger charge is -2.13.